The molecule has 2 saturated heterocycles. The zero-order valence-electron chi connectivity index (χ0n) is 11.4. The topological polar surface area (TPSA) is 23.6 Å². The summed E-state index contributed by atoms with van der Waals surface area (Å²) >= 11 is 0. The van der Waals surface area contributed by atoms with Crippen molar-refractivity contribution in [1.29, 1.82) is 0 Å². The third kappa shape index (κ3) is 4.69. The fraction of sp³-hybridized carbons (Fsp3) is 0.923. The van der Waals surface area contributed by atoms with Crippen LogP contribution in [0.4, 0.5) is 0 Å². The van der Waals surface area contributed by atoms with Gasteiger partial charge in [0.15, 0.2) is 0 Å². The quantitative estimate of drug-likeness (QED) is 0.780. The van der Waals surface area contributed by atoms with E-state index in [1.165, 1.54) is 0 Å². The van der Waals surface area contributed by atoms with Gasteiger partial charge in [-0.05, 0) is 66.0 Å². The molecule has 0 atom stereocenters. The number of carbonyl (C=O) groups is 1. The minimum Gasteiger partial charge on any atom is -0.306 e. The van der Waals surface area contributed by atoms with Crippen molar-refractivity contribution in [1.82, 2.24) is 9.80 Å². The predicted octanol–water partition coefficient (Wildman–Crippen LogP) is 2.08. The Labute approximate surface area is 123 Å². The van der Waals surface area contributed by atoms with Gasteiger partial charge < -0.3 is 9.80 Å². The third-order valence-electron chi connectivity index (χ3n) is 4.24. The summed E-state index contributed by atoms with van der Waals surface area (Å²) in [6.45, 7) is 4.40. The molecule has 0 amide bonds. The molecule has 18 heavy (non-hydrogen) atoms. The summed E-state index contributed by atoms with van der Waals surface area (Å²) in [7, 11) is 4.30. The smallest absolute Gasteiger partial charge is 0.139 e. The molecule has 0 unspecified atom stereocenters. The number of hydrogen-bond acceptors (Lipinski definition) is 3. The first-order chi connectivity index (χ1) is 7.66. The Kier molecular flexibility index (Phi) is 8.44. The van der Waals surface area contributed by atoms with Gasteiger partial charge in [0, 0.05) is 11.8 Å². The first-order valence-corrected chi connectivity index (χ1v) is 6.57. The van der Waals surface area contributed by atoms with Crippen LogP contribution in [0, 0.1) is 11.8 Å². The van der Waals surface area contributed by atoms with Crippen LogP contribution in [-0.4, -0.2) is 55.9 Å². The fourth-order valence-corrected chi connectivity index (χ4v) is 2.92. The van der Waals surface area contributed by atoms with Gasteiger partial charge in [-0.2, -0.15) is 0 Å². The number of nitrogens with zero attached hydrogens (tertiary/aromatic N) is 2. The molecule has 2 aliphatic heterocycles. The van der Waals surface area contributed by atoms with Crippen LogP contribution < -0.4 is 0 Å². The first kappa shape index (κ1) is 18.2. The molecule has 2 fully saturated rings. The monoisotopic (exact) mass is 296 g/mol. The molecule has 108 valence electrons. The van der Waals surface area contributed by atoms with Gasteiger partial charge in [-0.25, -0.2) is 0 Å². The average molecular weight is 297 g/mol. The van der Waals surface area contributed by atoms with Crippen LogP contribution in [0.15, 0.2) is 0 Å². The van der Waals surface area contributed by atoms with Crippen molar-refractivity contribution >= 4 is 30.6 Å². The number of halogens is 2. The largest absolute Gasteiger partial charge is 0.306 e. The van der Waals surface area contributed by atoms with Crippen LogP contribution in [0.2, 0.25) is 0 Å². The molecule has 2 heterocycles. The highest BCUT2D eigenvalue weighted by Gasteiger charge is 2.30. The van der Waals surface area contributed by atoms with E-state index in [0.717, 1.165) is 51.9 Å². The lowest BCUT2D eigenvalue weighted by molar-refractivity contribution is -0.129. The average Bonchev–Trinajstić information content (AvgIpc) is 2.30. The summed E-state index contributed by atoms with van der Waals surface area (Å²) in [5.74, 6) is 1.30. The Morgan fingerprint density at radius 2 is 1.06 bits per heavy atom. The second-order valence-corrected chi connectivity index (χ2v) is 5.56. The van der Waals surface area contributed by atoms with Crippen LogP contribution in [0.25, 0.3) is 0 Å². The first-order valence-electron chi connectivity index (χ1n) is 6.57. The molecule has 0 bridgehead atoms. The molecule has 3 nitrogen and oxygen atoms in total. The molecule has 0 N–H and O–H groups in total. The minimum atomic E-state index is 0. The number of rotatable bonds is 2. The zero-order valence-corrected chi connectivity index (χ0v) is 13.1. The van der Waals surface area contributed by atoms with Crippen molar-refractivity contribution in [2.45, 2.75) is 25.7 Å². The van der Waals surface area contributed by atoms with E-state index in [1.807, 2.05) is 0 Å². The van der Waals surface area contributed by atoms with Gasteiger partial charge in [0.1, 0.15) is 5.78 Å². The number of hydrogen-bond donors (Lipinski definition) is 0. The normalized spacial score (nSPS) is 24.1. The van der Waals surface area contributed by atoms with E-state index in [9.17, 15) is 4.79 Å². The minimum absolute atomic E-state index is 0. The number of Topliss-reactive ketones (excluding diaryl/α,β-unsaturated/α-hetero) is 1. The van der Waals surface area contributed by atoms with Crippen LogP contribution in [0.5, 0.6) is 0 Å². The number of ketones is 1. The Bertz CT molecular complexity index is 223. The number of piperidine rings is 2. The molecular formula is C13H26Cl2N2O. The summed E-state index contributed by atoms with van der Waals surface area (Å²) in [5.41, 5.74) is 0. The van der Waals surface area contributed by atoms with Crippen molar-refractivity contribution in [3.05, 3.63) is 0 Å². The third-order valence-corrected chi connectivity index (χ3v) is 4.24. The number of likely N-dealkylation sites (tertiary alicyclic amines) is 2. The van der Waals surface area contributed by atoms with E-state index in [0.29, 0.717) is 17.6 Å². The Balaban J connectivity index is 0.00000144. The highest BCUT2D eigenvalue weighted by molar-refractivity contribution is 5.85. The van der Waals surface area contributed by atoms with Gasteiger partial charge in [-0.1, -0.05) is 0 Å². The molecule has 0 radical (unpaired) electrons. The van der Waals surface area contributed by atoms with Crippen LogP contribution >= 0.6 is 24.8 Å². The van der Waals surface area contributed by atoms with Crippen LogP contribution in [0.1, 0.15) is 25.7 Å². The van der Waals surface area contributed by atoms with E-state index < -0.39 is 0 Å². The van der Waals surface area contributed by atoms with Gasteiger partial charge in [-0.3, -0.25) is 4.79 Å². The van der Waals surface area contributed by atoms with E-state index in [4.69, 9.17) is 0 Å². The van der Waals surface area contributed by atoms with E-state index in [2.05, 4.69) is 23.9 Å². The molecule has 0 saturated carbocycles. The highest BCUT2D eigenvalue weighted by atomic mass is 35.5. The van der Waals surface area contributed by atoms with E-state index in [1.54, 1.807) is 0 Å². The van der Waals surface area contributed by atoms with Crippen molar-refractivity contribution in [3.63, 3.8) is 0 Å². The summed E-state index contributed by atoms with van der Waals surface area (Å²) in [4.78, 5) is 17.0. The summed E-state index contributed by atoms with van der Waals surface area (Å²) in [5, 5.41) is 0. The van der Waals surface area contributed by atoms with E-state index in [-0.39, 0.29) is 24.8 Å². The van der Waals surface area contributed by atoms with Crippen LogP contribution in [-0.2, 0) is 4.79 Å². The molecule has 0 aromatic heterocycles. The predicted molar refractivity (Wildman–Crippen MR) is 79.9 cm³/mol. The highest BCUT2D eigenvalue weighted by Crippen LogP contribution is 2.26. The molecule has 2 aliphatic rings. The van der Waals surface area contributed by atoms with Gasteiger partial charge in [0.2, 0.25) is 0 Å². The standard InChI is InChI=1S/C13H24N2O.2ClH/c1-14-7-3-11(4-8-14)13(16)12-5-9-15(2)10-6-12;;/h11-12H,3-10H2,1-2H3;2*1H. The second-order valence-electron chi connectivity index (χ2n) is 5.56. The summed E-state index contributed by atoms with van der Waals surface area (Å²) in [6.07, 6.45) is 4.34. The van der Waals surface area contributed by atoms with Gasteiger partial charge in [0.05, 0.1) is 0 Å². The fourth-order valence-electron chi connectivity index (χ4n) is 2.92. The van der Waals surface area contributed by atoms with Crippen molar-refractivity contribution in [2.75, 3.05) is 40.3 Å². The van der Waals surface area contributed by atoms with Gasteiger partial charge in [0.25, 0.3) is 0 Å². The lowest BCUT2D eigenvalue weighted by atomic mass is 9.81. The maximum Gasteiger partial charge on any atom is 0.139 e. The molecule has 0 aromatic carbocycles. The molecule has 2 rings (SSSR count). The van der Waals surface area contributed by atoms with Crippen LogP contribution in [0.3, 0.4) is 0 Å². The summed E-state index contributed by atoms with van der Waals surface area (Å²) in [6, 6.07) is 0. The summed E-state index contributed by atoms with van der Waals surface area (Å²) < 4.78 is 0. The SMILES string of the molecule is CN1CCC(C(=O)C2CCN(C)CC2)CC1.Cl.Cl. The van der Waals surface area contributed by atoms with E-state index >= 15 is 0 Å². The maximum absolute atomic E-state index is 12.3. The molecule has 0 aromatic rings. The van der Waals surface area contributed by atoms with Gasteiger partial charge in [-0.15, -0.1) is 24.8 Å². The lowest BCUT2D eigenvalue weighted by Gasteiger charge is -2.33. The van der Waals surface area contributed by atoms with Gasteiger partial charge >= 0.3 is 0 Å². The maximum atomic E-state index is 12.3. The lowest BCUT2D eigenvalue weighted by Crippen LogP contribution is -2.39. The van der Waals surface area contributed by atoms with Crippen molar-refractivity contribution in [2.24, 2.45) is 11.8 Å². The number of carbonyl (C=O) groups excluding carboxylic acids is 1. The molecule has 0 spiro atoms. The van der Waals surface area contributed by atoms with Crippen molar-refractivity contribution in [3.8, 4) is 0 Å². The Hall–Kier alpha value is 0.170. The molecular weight excluding hydrogens is 271 g/mol. The zero-order chi connectivity index (χ0) is 11.5. The Morgan fingerprint density at radius 3 is 1.33 bits per heavy atom. The molecule has 0 aliphatic carbocycles. The second kappa shape index (κ2) is 8.36. The Morgan fingerprint density at radius 1 is 0.778 bits per heavy atom. The van der Waals surface area contributed by atoms with Crippen molar-refractivity contribution < 1.29 is 4.79 Å². The molecule has 5 heteroatoms.